The third kappa shape index (κ3) is 8.68. The number of β-amino-alcohol motifs (C(OH)–C–C–N with tert-alkyl or cyclic N) is 1. The van der Waals surface area contributed by atoms with E-state index in [1.165, 1.54) is 12.1 Å². The van der Waals surface area contributed by atoms with Gasteiger partial charge in [0.25, 0.3) is 5.91 Å². The van der Waals surface area contributed by atoms with Crippen LogP contribution < -0.4 is 0 Å². The zero-order valence-electron chi connectivity index (χ0n) is 18.9. The molecular weight excluding hydrogens is 387 g/mol. The molecule has 0 aliphatic carbocycles. The molecule has 1 aliphatic heterocycles. The fourth-order valence-corrected chi connectivity index (χ4v) is 3.48. The van der Waals surface area contributed by atoms with Crippen molar-refractivity contribution in [2.75, 3.05) is 45.9 Å². The van der Waals surface area contributed by atoms with E-state index in [4.69, 9.17) is 9.47 Å². The average molecular weight is 425 g/mol. The molecule has 2 unspecified atom stereocenters. The van der Waals surface area contributed by atoms with Gasteiger partial charge in [0, 0.05) is 38.3 Å². The Hall–Kier alpha value is -1.54. The molecule has 1 aromatic rings. The van der Waals surface area contributed by atoms with Crippen LogP contribution in [0.5, 0.6) is 0 Å². The molecule has 1 aliphatic rings. The quantitative estimate of drug-likeness (QED) is 0.661. The molecule has 170 valence electrons. The van der Waals surface area contributed by atoms with Crippen LogP contribution in [-0.4, -0.2) is 84.6 Å². The van der Waals surface area contributed by atoms with E-state index in [-0.39, 0.29) is 30.1 Å². The number of nitrogens with zero attached hydrogens (tertiary/aromatic N) is 2. The summed E-state index contributed by atoms with van der Waals surface area (Å²) in [5.41, 5.74) is 0.0569. The van der Waals surface area contributed by atoms with Gasteiger partial charge >= 0.3 is 0 Å². The van der Waals surface area contributed by atoms with Crippen molar-refractivity contribution in [2.45, 2.75) is 52.4 Å². The maximum Gasteiger partial charge on any atom is 0.254 e. The molecule has 0 bridgehead atoms. The molecule has 1 aromatic carbocycles. The van der Waals surface area contributed by atoms with E-state index in [9.17, 15) is 14.3 Å². The van der Waals surface area contributed by atoms with Crippen molar-refractivity contribution in [3.63, 3.8) is 0 Å². The molecule has 2 atom stereocenters. The number of benzene rings is 1. The van der Waals surface area contributed by atoms with Crippen LogP contribution in [0.3, 0.4) is 0 Å². The van der Waals surface area contributed by atoms with Gasteiger partial charge in [-0.25, -0.2) is 4.39 Å². The minimum absolute atomic E-state index is 0.161. The van der Waals surface area contributed by atoms with Crippen molar-refractivity contribution >= 4 is 5.91 Å². The predicted octanol–water partition coefficient (Wildman–Crippen LogP) is 2.80. The number of ether oxygens (including phenoxy) is 2. The number of aliphatic hydroxyl groups is 1. The summed E-state index contributed by atoms with van der Waals surface area (Å²) in [5, 5.41) is 10.3. The van der Waals surface area contributed by atoms with Gasteiger partial charge in [0.05, 0.1) is 31.0 Å². The van der Waals surface area contributed by atoms with E-state index in [1.54, 1.807) is 17.0 Å². The van der Waals surface area contributed by atoms with E-state index in [2.05, 4.69) is 4.90 Å². The Balaban J connectivity index is 1.95. The second-order valence-electron chi connectivity index (χ2n) is 9.44. The number of carbonyl (C=O) groups is 1. The largest absolute Gasteiger partial charge is 0.389 e. The van der Waals surface area contributed by atoms with Gasteiger partial charge in [0.15, 0.2) is 0 Å². The second-order valence-corrected chi connectivity index (χ2v) is 9.44. The van der Waals surface area contributed by atoms with Gasteiger partial charge in [-0.05, 0) is 44.9 Å². The molecule has 0 saturated carbocycles. The highest BCUT2D eigenvalue weighted by Crippen LogP contribution is 2.14. The molecule has 1 heterocycles. The highest BCUT2D eigenvalue weighted by Gasteiger charge is 2.27. The average Bonchev–Trinajstić information content (AvgIpc) is 2.65. The number of amides is 1. The molecule has 1 saturated heterocycles. The summed E-state index contributed by atoms with van der Waals surface area (Å²) in [6.07, 6.45) is -0.741. The van der Waals surface area contributed by atoms with Gasteiger partial charge in [-0.2, -0.15) is 0 Å². The third-order valence-electron chi connectivity index (χ3n) is 4.77. The van der Waals surface area contributed by atoms with Crippen molar-refractivity contribution in [1.82, 2.24) is 9.80 Å². The SMILES string of the molecule is CC(C)CN(CC1CN(CC(O)COC(C)(C)C)CCO1)C(=O)c1cccc(F)c1. The number of hydrogen-bond donors (Lipinski definition) is 1. The Morgan fingerprint density at radius 3 is 2.77 bits per heavy atom. The van der Waals surface area contributed by atoms with Crippen molar-refractivity contribution in [2.24, 2.45) is 5.92 Å². The summed E-state index contributed by atoms with van der Waals surface area (Å²) >= 11 is 0. The number of carbonyl (C=O) groups excluding carboxylic acids is 1. The molecule has 1 N–H and O–H groups in total. The Morgan fingerprint density at radius 2 is 2.13 bits per heavy atom. The number of aliphatic hydroxyl groups excluding tert-OH is 1. The summed E-state index contributed by atoms with van der Waals surface area (Å²) in [4.78, 5) is 16.9. The van der Waals surface area contributed by atoms with E-state index in [0.29, 0.717) is 38.3 Å². The van der Waals surface area contributed by atoms with Gasteiger partial charge in [-0.15, -0.1) is 0 Å². The summed E-state index contributed by atoms with van der Waals surface area (Å²) in [7, 11) is 0. The summed E-state index contributed by atoms with van der Waals surface area (Å²) < 4.78 is 25.2. The molecule has 7 heteroatoms. The Kier molecular flexibility index (Phi) is 9.22. The highest BCUT2D eigenvalue weighted by molar-refractivity contribution is 5.94. The van der Waals surface area contributed by atoms with Crippen LogP contribution in [0.25, 0.3) is 0 Å². The number of morpholine rings is 1. The first kappa shape index (κ1) is 24.7. The molecule has 2 rings (SSSR count). The van der Waals surface area contributed by atoms with Gasteiger partial charge in [0.1, 0.15) is 5.82 Å². The van der Waals surface area contributed by atoms with E-state index in [1.807, 2.05) is 34.6 Å². The Morgan fingerprint density at radius 1 is 1.40 bits per heavy atom. The zero-order chi connectivity index (χ0) is 22.3. The lowest BCUT2D eigenvalue weighted by Gasteiger charge is -2.37. The smallest absolute Gasteiger partial charge is 0.254 e. The summed E-state index contributed by atoms with van der Waals surface area (Å²) in [5.74, 6) is -0.335. The van der Waals surface area contributed by atoms with Gasteiger partial charge in [0.2, 0.25) is 0 Å². The van der Waals surface area contributed by atoms with Crippen LogP contribution in [0, 0.1) is 11.7 Å². The van der Waals surface area contributed by atoms with Crippen LogP contribution in [0.15, 0.2) is 24.3 Å². The molecule has 0 aromatic heterocycles. The van der Waals surface area contributed by atoms with Crippen LogP contribution in [0.2, 0.25) is 0 Å². The molecule has 30 heavy (non-hydrogen) atoms. The van der Waals surface area contributed by atoms with E-state index in [0.717, 1.165) is 6.54 Å². The van der Waals surface area contributed by atoms with Crippen molar-refractivity contribution in [3.05, 3.63) is 35.6 Å². The van der Waals surface area contributed by atoms with Crippen molar-refractivity contribution < 1.29 is 23.8 Å². The zero-order valence-corrected chi connectivity index (χ0v) is 18.9. The maximum absolute atomic E-state index is 13.6. The first-order chi connectivity index (χ1) is 14.0. The highest BCUT2D eigenvalue weighted by atomic mass is 19.1. The maximum atomic E-state index is 13.6. The Bertz CT molecular complexity index is 677. The minimum Gasteiger partial charge on any atom is -0.389 e. The normalized spacial score (nSPS) is 19.1. The molecule has 0 spiro atoms. The number of rotatable bonds is 9. The van der Waals surface area contributed by atoms with Crippen molar-refractivity contribution in [3.8, 4) is 0 Å². The molecule has 1 fully saturated rings. The first-order valence-corrected chi connectivity index (χ1v) is 10.7. The van der Waals surface area contributed by atoms with Crippen LogP contribution in [-0.2, 0) is 9.47 Å². The van der Waals surface area contributed by atoms with Gasteiger partial charge in [-0.3, -0.25) is 9.69 Å². The minimum atomic E-state index is -0.580. The topological polar surface area (TPSA) is 62.2 Å². The van der Waals surface area contributed by atoms with Crippen LogP contribution in [0.4, 0.5) is 4.39 Å². The lowest BCUT2D eigenvalue weighted by molar-refractivity contribution is -0.0783. The van der Waals surface area contributed by atoms with Gasteiger partial charge in [-0.1, -0.05) is 19.9 Å². The fourth-order valence-electron chi connectivity index (χ4n) is 3.48. The molecule has 6 nitrogen and oxygen atoms in total. The lowest BCUT2D eigenvalue weighted by Crippen LogP contribution is -2.51. The first-order valence-electron chi connectivity index (χ1n) is 10.7. The van der Waals surface area contributed by atoms with Crippen LogP contribution in [0.1, 0.15) is 45.0 Å². The molecule has 1 amide bonds. The number of hydrogen-bond acceptors (Lipinski definition) is 5. The molecule has 0 radical (unpaired) electrons. The van der Waals surface area contributed by atoms with Crippen LogP contribution >= 0.6 is 0 Å². The van der Waals surface area contributed by atoms with Crippen molar-refractivity contribution in [1.29, 1.82) is 0 Å². The standard InChI is InChI=1S/C23H37FN2O4/c1-17(2)12-26(22(28)18-7-6-8-19(24)11-18)15-21-14-25(9-10-29-21)13-20(27)16-30-23(3,4)5/h6-8,11,17,20-21,27H,9-10,12-16H2,1-5H3. The number of halogens is 1. The Labute approximate surface area is 179 Å². The molecular formula is C23H37FN2O4. The van der Waals surface area contributed by atoms with Gasteiger partial charge < -0.3 is 19.5 Å². The monoisotopic (exact) mass is 424 g/mol. The second kappa shape index (κ2) is 11.2. The fraction of sp³-hybridized carbons (Fsp3) is 0.696. The predicted molar refractivity (Wildman–Crippen MR) is 115 cm³/mol. The van der Waals surface area contributed by atoms with E-state index >= 15 is 0 Å². The van der Waals surface area contributed by atoms with E-state index < -0.39 is 11.9 Å². The third-order valence-corrected chi connectivity index (χ3v) is 4.77. The lowest BCUT2D eigenvalue weighted by atomic mass is 10.1. The summed E-state index contributed by atoms with van der Waals surface area (Å²) in [6.45, 7) is 13.6. The summed E-state index contributed by atoms with van der Waals surface area (Å²) in [6, 6.07) is 5.80.